The summed E-state index contributed by atoms with van der Waals surface area (Å²) in [4.78, 5) is 30.3. The Bertz CT molecular complexity index is 790. The number of methoxy groups -OCH3 is 2. The van der Waals surface area contributed by atoms with Crippen molar-refractivity contribution in [2.24, 2.45) is 0 Å². The maximum Gasteiger partial charge on any atom is 0.360 e. The molecule has 0 fully saturated rings. The van der Waals surface area contributed by atoms with Crippen LogP contribution in [0.4, 0.5) is 0 Å². The molecule has 0 bridgehead atoms. The molecular weight excluding hydrogens is 360 g/mol. The van der Waals surface area contributed by atoms with Crippen LogP contribution in [0.15, 0.2) is 34.9 Å². The van der Waals surface area contributed by atoms with Crippen molar-refractivity contribution in [3.05, 3.63) is 53.2 Å². The molecule has 1 aromatic heterocycles. The first-order valence-corrected chi connectivity index (χ1v) is 9.17. The van der Waals surface area contributed by atoms with Gasteiger partial charge in [0.25, 0.3) is 5.91 Å². The van der Waals surface area contributed by atoms with Crippen LogP contribution < -0.4 is 0 Å². The lowest BCUT2D eigenvalue weighted by atomic mass is 9.86. The minimum atomic E-state index is -0.579. The molecule has 1 heterocycles. The van der Waals surface area contributed by atoms with E-state index in [4.69, 9.17) is 9.15 Å². The minimum Gasteiger partial charge on any atom is -0.464 e. The van der Waals surface area contributed by atoms with E-state index in [1.54, 1.807) is 12.0 Å². The molecule has 0 aliphatic carbocycles. The van der Waals surface area contributed by atoms with Gasteiger partial charge in [-0.25, -0.2) is 9.78 Å². The summed E-state index contributed by atoms with van der Waals surface area (Å²) in [6.07, 6.45) is 1.91. The molecule has 28 heavy (non-hydrogen) atoms. The van der Waals surface area contributed by atoms with Gasteiger partial charge < -0.3 is 18.8 Å². The van der Waals surface area contributed by atoms with Crippen molar-refractivity contribution in [1.29, 1.82) is 0 Å². The van der Waals surface area contributed by atoms with Gasteiger partial charge in [-0.2, -0.15) is 0 Å². The zero-order valence-corrected chi connectivity index (χ0v) is 17.2. The fraction of sp³-hybridized carbons (Fsp3) is 0.476. The van der Waals surface area contributed by atoms with Gasteiger partial charge in [-0.3, -0.25) is 4.79 Å². The number of nitrogens with zero attached hydrogens (tertiary/aromatic N) is 2. The number of aromatic nitrogens is 1. The normalized spacial score (nSPS) is 11.3. The lowest BCUT2D eigenvalue weighted by molar-refractivity contribution is 0.0594. The fourth-order valence-electron chi connectivity index (χ4n) is 2.69. The Morgan fingerprint density at radius 3 is 2.39 bits per heavy atom. The van der Waals surface area contributed by atoms with E-state index in [2.05, 4.69) is 30.5 Å². The third-order valence-corrected chi connectivity index (χ3v) is 4.33. The Hall–Kier alpha value is -2.67. The van der Waals surface area contributed by atoms with Gasteiger partial charge in [0, 0.05) is 25.8 Å². The zero-order valence-electron chi connectivity index (χ0n) is 17.2. The van der Waals surface area contributed by atoms with E-state index in [0.29, 0.717) is 25.1 Å². The summed E-state index contributed by atoms with van der Waals surface area (Å²) in [7, 11) is 2.90. The molecule has 0 aliphatic rings. The molecule has 7 heteroatoms. The number of ether oxygens (including phenoxy) is 2. The average molecular weight is 388 g/mol. The van der Waals surface area contributed by atoms with Crippen LogP contribution in [0.1, 0.15) is 59.5 Å². The quantitative estimate of drug-likeness (QED) is 0.509. The lowest BCUT2D eigenvalue weighted by Gasteiger charge is -2.22. The number of rotatable bonds is 8. The highest BCUT2D eigenvalue weighted by molar-refractivity contribution is 5.94. The van der Waals surface area contributed by atoms with Crippen molar-refractivity contribution in [2.45, 2.75) is 39.2 Å². The number of hydrogen-bond donors (Lipinski definition) is 0. The van der Waals surface area contributed by atoms with Crippen LogP contribution in [0.25, 0.3) is 0 Å². The van der Waals surface area contributed by atoms with Crippen LogP contribution in [-0.4, -0.2) is 49.1 Å². The highest BCUT2D eigenvalue weighted by Crippen LogP contribution is 2.23. The molecule has 0 spiro atoms. The van der Waals surface area contributed by atoms with E-state index >= 15 is 0 Å². The molecule has 0 atom stereocenters. The van der Waals surface area contributed by atoms with E-state index < -0.39 is 5.97 Å². The first-order valence-electron chi connectivity index (χ1n) is 9.17. The van der Waals surface area contributed by atoms with Crippen LogP contribution >= 0.6 is 0 Å². The smallest absolute Gasteiger partial charge is 0.360 e. The summed E-state index contributed by atoms with van der Waals surface area (Å²) in [5, 5.41) is 0. The first kappa shape index (κ1) is 21.6. The third-order valence-electron chi connectivity index (χ3n) is 4.33. The Balaban J connectivity index is 2.18. The molecule has 1 aromatic carbocycles. The summed E-state index contributed by atoms with van der Waals surface area (Å²) in [5.74, 6) is -0.433. The number of amides is 1. The number of carbonyl (C=O) groups excluding carboxylic acids is 2. The van der Waals surface area contributed by atoms with Crippen molar-refractivity contribution in [1.82, 2.24) is 9.88 Å². The molecule has 2 rings (SSSR count). The van der Waals surface area contributed by atoms with Crippen LogP contribution in [0.2, 0.25) is 0 Å². The van der Waals surface area contributed by atoms with Crippen molar-refractivity contribution >= 4 is 11.9 Å². The summed E-state index contributed by atoms with van der Waals surface area (Å²) >= 11 is 0. The molecule has 0 unspecified atom stereocenters. The van der Waals surface area contributed by atoms with Crippen molar-refractivity contribution in [3.63, 3.8) is 0 Å². The Morgan fingerprint density at radius 2 is 1.82 bits per heavy atom. The maximum absolute atomic E-state index is 13.0. The van der Waals surface area contributed by atoms with Crippen molar-refractivity contribution in [2.75, 3.05) is 27.4 Å². The molecule has 0 saturated carbocycles. The monoisotopic (exact) mass is 388 g/mol. The van der Waals surface area contributed by atoms with Gasteiger partial charge in [-0.1, -0.05) is 32.9 Å². The largest absolute Gasteiger partial charge is 0.464 e. The number of carbonyl (C=O) groups is 2. The summed E-state index contributed by atoms with van der Waals surface area (Å²) in [5.41, 5.74) is 1.84. The third kappa shape index (κ3) is 5.66. The van der Waals surface area contributed by atoms with Crippen molar-refractivity contribution in [3.8, 4) is 0 Å². The molecule has 0 radical (unpaired) electrons. The number of esters is 1. The Labute approximate surface area is 165 Å². The van der Waals surface area contributed by atoms with Gasteiger partial charge in [-0.05, 0) is 29.5 Å². The second kappa shape index (κ2) is 9.50. The van der Waals surface area contributed by atoms with Gasteiger partial charge in [0.15, 0.2) is 5.69 Å². The van der Waals surface area contributed by atoms with E-state index in [1.807, 2.05) is 24.3 Å². The molecule has 152 valence electrons. The Kier molecular flexibility index (Phi) is 7.34. The zero-order chi connectivity index (χ0) is 20.7. The Morgan fingerprint density at radius 1 is 1.14 bits per heavy atom. The second-order valence-electron chi connectivity index (χ2n) is 7.52. The first-order chi connectivity index (χ1) is 13.3. The van der Waals surface area contributed by atoms with Gasteiger partial charge in [0.05, 0.1) is 13.7 Å². The summed E-state index contributed by atoms with van der Waals surface area (Å²) in [6, 6.07) is 7.62. The number of benzene rings is 1. The van der Waals surface area contributed by atoms with Crippen LogP contribution in [-0.2, 0) is 21.4 Å². The highest BCUT2D eigenvalue weighted by atomic mass is 16.5. The molecule has 7 nitrogen and oxygen atoms in total. The summed E-state index contributed by atoms with van der Waals surface area (Å²) < 4.78 is 15.1. The van der Waals surface area contributed by atoms with Crippen LogP contribution in [0.5, 0.6) is 0 Å². The lowest BCUT2D eigenvalue weighted by Crippen LogP contribution is -2.32. The minimum absolute atomic E-state index is 0.0160. The number of hydrogen-bond acceptors (Lipinski definition) is 6. The molecular formula is C21H28N2O5. The standard InChI is InChI=1S/C21H28N2O5/c1-21(2,3)16-9-7-15(8-10-16)19(24)23(11-6-12-26-4)13-18-22-17(14-28-18)20(25)27-5/h7-10,14H,6,11-13H2,1-5H3. The predicted octanol–water partition coefficient (Wildman–Crippen LogP) is 3.44. The van der Waals surface area contributed by atoms with E-state index in [9.17, 15) is 9.59 Å². The molecule has 0 aliphatic heterocycles. The second-order valence-corrected chi connectivity index (χ2v) is 7.52. The highest BCUT2D eigenvalue weighted by Gasteiger charge is 2.21. The predicted molar refractivity (Wildman–Crippen MR) is 104 cm³/mol. The summed E-state index contributed by atoms with van der Waals surface area (Å²) in [6.45, 7) is 7.54. The van der Waals surface area contributed by atoms with Crippen LogP contribution in [0.3, 0.4) is 0 Å². The number of oxazole rings is 1. The molecule has 2 aromatic rings. The molecule has 0 N–H and O–H groups in total. The van der Waals surface area contributed by atoms with Crippen LogP contribution in [0, 0.1) is 0 Å². The van der Waals surface area contributed by atoms with E-state index in [-0.39, 0.29) is 29.5 Å². The van der Waals surface area contributed by atoms with Gasteiger partial charge >= 0.3 is 5.97 Å². The van der Waals surface area contributed by atoms with E-state index in [1.165, 1.54) is 13.4 Å². The SMILES string of the molecule is COCCCN(Cc1nc(C(=O)OC)co1)C(=O)c1ccc(C(C)(C)C)cc1. The molecule has 0 saturated heterocycles. The fourth-order valence-corrected chi connectivity index (χ4v) is 2.69. The maximum atomic E-state index is 13.0. The molecule has 1 amide bonds. The van der Waals surface area contributed by atoms with Crippen molar-refractivity contribution < 1.29 is 23.5 Å². The van der Waals surface area contributed by atoms with E-state index in [0.717, 1.165) is 5.56 Å². The van der Waals surface area contributed by atoms with Gasteiger partial charge in [-0.15, -0.1) is 0 Å². The average Bonchev–Trinajstić information content (AvgIpc) is 3.14. The topological polar surface area (TPSA) is 81.9 Å². The van der Waals surface area contributed by atoms with Gasteiger partial charge in [0.2, 0.25) is 5.89 Å². The van der Waals surface area contributed by atoms with Gasteiger partial charge in [0.1, 0.15) is 6.26 Å².